The lowest BCUT2D eigenvalue weighted by atomic mass is 9.75. The second kappa shape index (κ2) is 8.60. The van der Waals surface area contributed by atoms with E-state index in [1.54, 1.807) is 12.3 Å². The zero-order valence-corrected chi connectivity index (χ0v) is 15.9. The van der Waals surface area contributed by atoms with Crippen molar-refractivity contribution in [2.24, 2.45) is 17.8 Å². The Hall–Kier alpha value is -1.43. The average molecular weight is 398 g/mol. The van der Waals surface area contributed by atoms with Crippen LogP contribution in [-0.4, -0.2) is 29.6 Å². The molecule has 5 nitrogen and oxygen atoms in total. The number of hydrogen-bond acceptors (Lipinski definition) is 5. The van der Waals surface area contributed by atoms with Crippen LogP contribution in [0.4, 0.5) is 0 Å². The standard InChI is InChI=1S/C18H24BrNO4/c1-11(2)15-5-4-12(3)6-16(15)24-17(21)10-23-18(22)13-7-14(19)9-20-8-13/h7-9,11-12,15-16H,4-6,10H2,1-3H3/t12-,15+,16+/m1/s1. The first-order valence-corrected chi connectivity index (χ1v) is 9.13. The highest BCUT2D eigenvalue weighted by Gasteiger charge is 2.33. The molecule has 1 aromatic rings. The number of aromatic nitrogens is 1. The summed E-state index contributed by atoms with van der Waals surface area (Å²) in [7, 11) is 0. The van der Waals surface area contributed by atoms with Crippen LogP contribution in [0.1, 0.15) is 50.4 Å². The summed E-state index contributed by atoms with van der Waals surface area (Å²) in [5.74, 6) is 0.308. The van der Waals surface area contributed by atoms with E-state index in [2.05, 4.69) is 41.7 Å². The quantitative estimate of drug-likeness (QED) is 0.702. The van der Waals surface area contributed by atoms with Crippen molar-refractivity contribution in [1.82, 2.24) is 4.98 Å². The first-order valence-electron chi connectivity index (χ1n) is 8.34. The van der Waals surface area contributed by atoms with Crippen LogP contribution in [-0.2, 0) is 14.3 Å². The van der Waals surface area contributed by atoms with E-state index in [0.29, 0.717) is 27.8 Å². The second-order valence-electron chi connectivity index (χ2n) is 6.82. The lowest BCUT2D eigenvalue weighted by Gasteiger charge is -2.36. The second-order valence-corrected chi connectivity index (χ2v) is 7.74. The molecular weight excluding hydrogens is 374 g/mol. The maximum Gasteiger partial charge on any atom is 0.344 e. The zero-order chi connectivity index (χ0) is 17.7. The topological polar surface area (TPSA) is 65.5 Å². The van der Waals surface area contributed by atoms with Gasteiger partial charge in [0.1, 0.15) is 6.10 Å². The van der Waals surface area contributed by atoms with Gasteiger partial charge in [-0.15, -0.1) is 0 Å². The Morgan fingerprint density at radius 2 is 2.08 bits per heavy atom. The Morgan fingerprint density at radius 3 is 2.75 bits per heavy atom. The minimum Gasteiger partial charge on any atom is -0.460 e. The molecule has 24 heavy (non-hydrogen) atoms. The van der Waals surface area contributed by atoms with Crippen molar-refractivity contribution in [3.8, 4) is 0 Å². The van der Waals surface area contributed by atoms with Crippen molar-refractivity contribution >= 4 is 27.9 Å². The molecule has 0 unspecified atom stereocenters. The molecule has 0 spiro atoms. The maximum atomic E-state index is 12.1. The van der Waals surface area contributed by atoms with E-state index in [-0.39, 0.29) is 12.7 Å². The minimum atomic E-state index is -0.585. The molecule has 0 amide bonds. The molecule has 0 saturated heterocycles. The molecule has 0 aromatic carbocycles. The van der Waals surface area contributed by atoms with Crippen LogP contribution in [0.15, 0.2) is 22.9 Å². The van der Waals surface area contributed by atoms with Gasteiger partial charge in [0.05, 0.1) is 5.56 Å². The van der Waals surface area contributed by atoms with Gasteiger partial charge in [0, 0.05) is 16.9 Å². The molecule has 1 fully saturated rings. The maximum absolute atomic E-state index is 12.1. The van der Waals surface area contributed by atoms with E-state index in [1.165, 1.54) is 12.6 Å². The summed E-state index contributed by atoms with van der Waals surface area (Å²) in [4.78, 5) is 27.9. The summed E-state index contributed by atoms with van der Waals surface area (Å²) in [6.45, 7) is 6.11. The van der Waals surface area contributed by atoms with Crippen molar-refractivity contribution in [3.05, 3.63) is 28.5 Å². The van der Waals surface area contributed by atoms with Gasteiger partial charge in [-0.1, -0.05) is 27.2 Å². The number of rotatable bonds is 5. The summed E-state index contributed by atoms with van der Waals surface area (Å²) in [6.07, 6.45) is 5.99. The fourth-order valence-electron chi connectivity index (χ4n) is 3.18. The van der Waals surface area contributed by atoms with Crippen LogP contribution in [0.2, 0.25) is 0 Å². The molecule has 6 heteroatoms. The van der Waals surface area contributed by atoms with Crippen LogP contribution in [0.5, 0.6) is 0 Å². The zero-order valence-electron chi connectivity index (χ0n) is 14.3. The van der Waals surface area contributed by atoms with Gasteiger partial charge in [-0.3, -0.25) is 4.98 Å². The van der Waals surface area contributed by atoms with Crippen molar-refractivity contribution in [2.45, 2.75) is 46.1 Å². The van der Waals surface area contributed by atoms with Gasteiger partial charge in [0.25, 0.3) is 0 Å². The third-order valence-electron chi connectivity index (χ3n) is 4.51. The van der Waals surface area contributed by atoms with Crippen LogP contribution < -0.4 is 0 Å². The third-order valence-corrected chi connectivity index (χ3v) is 4.94. The first-order chi connectivity index (χ1) is 11.4. The molecule has 2 rings (SSSR count). The lowest BCUT2D eigenvalue weighted by molar-refractivity contribution is -0.159. The summed E-state index contributed by atoms with van der Waals surface area (Å²) in [5.41, 5.74) is 0.295. The summed E-state index contributed by atoms with van der Waals surface area (Å²) in [5, 5.41) is 0. The van der Waals surface area contributed by atoms with Crippen molar-refractivity contribution in [2.75, 3.05) is 6.61 Å². The number of pyridine rings is 1. The highest BCUT2D eigenvalue weighted by atomic mass is 79.9. The van der Waals surface area contributed by atoms with Gasteiger partial charge in [-0.05, 0) is 52.6 Å². The lowest BCUT2D eigenvalue weighted by Crippen LogP contribution is -2.36. The Morgan fingerprint density at radius 1 is 1.33 bits per heavy atom. The molecular formula is C18H24BrNO4. The van der Waals surface area contributed by atoms with Crippen LogP contribution >= 0.6 is 15.9 Å². The number of halogens is 1. The molecule has 1 aromatic heterocycles. The molecule has 132 valence electrons. The molecule has 0 radical (unpaired) electrons. The van der Waals surface area contributed by atoms with Gasteiger partial charge in [0.2, 0.25) is 0 Å². The van der Waals surface area contributed by atoms with Gasteiger partial charge in [0.15, 0.2) is 6.61 Å². The van der Waals surface area contributed by atoms with E-state index >= 15 is 0 Å². The smallest absolute Gasteiger partial charge is 0.344 e. The third kappa shape index (κ3) is 5.30. The van der Waals surface area contributed by atoms with Crippen LogP contribution in [0.3, 0.4) is 0 Å². The SMILES string of the molecule is CC(C)[C@@H]1CC[C@@H](C)C[C@@H]1OC(=O)COC(=O)c1cncc(Br)c1. The predicted octanol–water partition coefficient (Wildman–Crippen LogP) is 4.00. The van der Waals surface area contributed by atoms with E-state index in [4.69, 9.17) is 9.47 Å². The molecule has 1 saturated carbocycles. The number of ether oxygens (including phenoxy) is 2. The molecule has 1 heterocycles. The molecule has 1 aliphatic rings. The normalized spacial score (nSPS) is 23.8. The van der Waals surface area contributed by atoms with Gasteiger partial charge in [-0.25, -0.2) is 9.59 Å². The number of nitrogens with zero attached hydrogens (tertiary/aromatic N) is 1. The Balaban J connectivity index is 1.86. The van der Waals surface area contributed by atoms with Crippen LogP contribution in [0.25, 0.3) is 0 Å². The van der Waals surface area contributed by atoms with Crippen molar-refractivity contribution in [3.63, 3.8) is 0 Å². The highest BCUT2D eigenvalue weighted by molar-refractivity contribution is 9.10. The molecule has 0 N–H and O–H groups in total. The first kappa shape index (κ1) is 18.9. The number of hydrogen-bond donors (Lipinski definition) is 0. The summed E-state index contributed by atoms with van der Waals surface area (Å²) in [6, 6.07) is 1.60. The van der Waals surface area contributed by atoms with Gasteiger partial charge >= 0.3 is 11.9 Å². The van der Waals surface area contributed by atoms with E-state index < -0.39 is 11.9 Å². The van der Waals surface area contributed by atoms with Crippen molar-refractivity contribution < 1.29 is 19.1 Å². The molecule has 0 aliphatic heterocycles. The van der Waals surface area contributed by atoms with E-state index in [1.807, 2.05) is 0 Å². The van der Waals surface area contributed by atoms with E-state index in [0.717, 1.165) is 12.8 Å². The Labute approximate surface area is 151 Å². The minimum absolute atomic E-state index is 0.0903. The predicted molar refractivity (Wildman–Crippen MR) is 93.4 cm³/mol. The summed E-state index contributed by atoms with van der Waals surface area (Å²) >= 11 is 3.24. The fraction of sp³-hybridized carbons (Fsp3) is 0.611. The van der Waals surface area contributed by atoms with Crippen molar-refractivity contribution in [1.29, 1.82) is 0 Å². The monoisotopic (exact) mass is 397 g/mol. The average Bonchev–Trinajstić information content (AvgIpc) is 2.52. The molecule has 0 bridgehead atoms. The Bertz CT molecular complexity index is 590. The Kier molecular flexibility index (Phi) is 6.78. The summed E-state index contributed by atoms with van der Waals surface area (Å²) < 4.78 is 11.3. The number of carbonyl (C=O) groups is 2. The van der Waals surface area contributed by atoms with Gasteiger partial charge < -0.3 is 9.47 Å². The van der Waals surface area contributed by atoms with E-state index in [9.17, 15) is 9.59 Å². The largest absolute Gasteiger partial charge is 0.460 e. The molecule has 3 atom stereocenters. The fourth-order valence-corrected chi connectivity index (χ4v) is 3.55. The number of esters is 2. The van der Waals surface area contributed by atoms with Gasteiger partial charge in [-0.2, -0.15) is 0 Å². The highest BCUT2D eigenvalue weighted by Crippen LogP contribution is 2.35. The number of carbonyl (C=O) groups excluding carboxylic acids is 2. The molecule has 1 aliphatic carbocycles. The van der Waals surface area contributed by atoms with Crippen LogP contribution in [0, 0.1) is 17.8 Å².